The molecule has 2 aromatic carbocycles. The van der Waals surface area contributed by atoms with Crippen molar-refractivity contribution in [1.82, 2.24) is 0 Å². The maximum atomic E-state index is 12.1. The Labute approximate surface area is 132 Å². The van der Waals surface area contributed by atoms with Crippen LogP contribution in [-0.4, -0.2) is 19.1 Å². The summed E-state index contributed by atoms with van der Waals surface area (Å²) in [5, 5.41) is 2.80. The van der Waals surface area contributed by atoms with Gasteiger partial charge in [0.2, 0.25) is 5.91 Å². The third-order valence-electron chi connectivity index (χ3n) is 3.05. The Morgan fingerprint density at radius 3 is 2.67 bits per heavy atom. The van der Waals surface area contributed by atoms with Crippen LogP contribution in [0.3, 0.4) is 0 Å². The number of hydrogen-bond donors (Lipinski definition) is 2. The van der Waals surface area contributed by atoms with Crippen molar-refractivity contribution in [3.8, 4) is 5.75 Å². The Morgan fingerprint density at radius 1 is 1.29 bits per heavy atom. The molecule has 0 aromatic heterocycles. The van der Waals surface area contributed by atoms with Crippen LogP contribution in [0.15, 0.2) is 53.0 Å². The minimum Gasteiger partial charge on any atom is -0.495 e. The fourth-order valence-electron chi connectivity index (χ4n) is 1.93. The first-order valence-corrected chi connectivity index (χ1v) is 7.33. The highest BCUT2D eigenvalue weighted by molar-refractivity contribution is 9.10. The van der Waals surface area contributed by atoms with Gasteiger partial charge >= 0.3 is 0 Å². The quantitative estimate of drug-likeness (QED) is 0.872. The standard InChI is InChI=1S/C16H17BrN2O2/c1-21-15-10-12(7-8-13(15)17)19-16(20)14(18)9-11-5-3-2-4-6-11/h2-8,10,14H,9,18H2,1H3,(H,19,20)/t14-/m1/s1. The van der Waals surface area contributed by atoms with E-state index in [1.54, 1.807) is 19.2 Å². The smallest absolute Gasteiger partial charge is 0.241 e. The van der Waals surface area contributed by atoms with Crippen LogP contribution in [0.1, 0.15) is 5.56 Å². The van der Waals surface area contributed by atoms with Crippen molar-refractivity contribution in [2.24, 2.45) is 5.73 Å². The van der Waals surface area contributed by atoms with Crippen molar-refractivity contribution in [2.75, 3.05) is 12.4 Å². The normalized spacial score (nSPS) is 11.8. The number of halogens is 1. The molecule has 0 saturated carbocycles. The average Bonchev–Trinajstić information content (AvgIpc) is 2.50. The second-order valence-electron chi connectivity index (χ2n) is 4.63. The molecule has 0 heterocycles. The Hall–Kier alpha value is -1.85. The topological polar surface area (TPSA) is 64.3 Å². The number of anilines is 1. The first-order valence-electron chi connectivity index (χ1n) is 6.54. The number of nitrogens with one attached hydrogen (secondary N) is 1. The molecule has 21 heavy (non-hydrogen) atoms. The number of nitrogens with two attached hydrogens (primary N) is 1. The van der Waals surface area contributed by atoms with E-state index in [0.29, 0.717) is 17.9 Å². The predicted octanol–water partition coefficient (Wildman–Crippen LogP) is 2.97. The van der Waals surface area contributed by atoms with E-state index in [1.807, 2.05) is 36.4 Å². The number of carbonyl (C=O) groups excluding carboxylic acids is 1. The summed E-state index contributed by atoms with van der Waals surface area (Å²) < 4.78 is 6.02. The van der Waals surface area contributed by atoms with Gasteiger partial charge in [-0.3, -0.25) is 4.79 Å². The lowest BCUT2D eigenvalue weighted by molar-refractivity contribution is -0.117. The minimum atomic E-state index is -0.595. The Morgan fingerprint density at radius 2 is 2.00 bits per heavy atom. The summed E-state index contributed by atoms with van der Waals surface area (Å²) in [6, 6.07) is 14.5. The lowest BCUT2D eigenvalue weighted by Gasteiger charge is -2.13. The highest BCUT2D eigenvalue weighted by atomic mass is 79.9. The Bertz CT molecular complexity index is 617. The van der Waals surface area contributed by atoms with Gasteiger partial charge in [-0.25, -0.2) is 0 Å². The average molecular weight is 349 g/mol. The van der Waals surface area contributed by atoms with Crippen LogP contribution in [0, 0.1) is 0 Å². The van der Waals surface area contributed by atoms with E-state index < -0.39 is 6.04 Å². The first kappa shape index (κ1) is 15.5. The molecule has 3 N–H and O–H groups in total. The summed E-state index contributed by atoms with van der Waals surface area (Å²) in [6.45, 7) is 0. The number of amides is 1. The van der Waals surface area contributed by atoms with Gasteiger partial charge in [0.05, 0.1) is 17.6 Å². The van der Waals surface area contributed by atoms with Crippen LogP contribution in [0.2, 0.25) is 0 Å². The van der Waals surface area contributed by atoms with Gasteiger partial charge in [0, 0.05) is 11.8 Å². The zero-order valence-electron chi connectivity index (χ0n) is 11.7. The van der Waals surface area contributed by atoms with E-state index >= 15 is 0 Å². The van der Waals surface area contributed by atoms with Crippen molar-refractivity contribution in [3.63, 3.8) is 0 Å². The molecular weight excluding hydrogens is 332 g/mol. The zero-order chi connectivity index (χ0) is 15.2. The van der Waals surface area contributed by atoms with Crippen LogP contribution in [0.4, 0.5) is 5.69 Å². The van der Waals surface area contributed by atoms with E-state index in [2.05, 4.69) is 21.2 Å². The molecule has 2 rings (SSSR count). The SMILES string of the molecule is COc1cc(NC(=O)[C@H](N)Cc2ccccc2)ccc1Br. The molecule has 110 valence electrons. The Kier molecular flexibility index (Phi) is 5.36. The molecule has 0 fully saturated rings. The van der Waals surface area contributed by atoms with Gasteiger partial charge in [0.1, 0.15) is 5.75 Å². The van der Waals surface area contributed by atoms with E-state index in [4.69, 9.17) is 10.5 Å². The van der Waals surface area contributed by atoms with Gasteiger partial charge in [-0.2, -0.15) is 0 Å². The van der Waals surface area contributed by atoms with E-state index in [0.717, 1.165) is 10.0 Å². The predicted molar refractivity (Wildman–Crippen MR) is 87.4 cm³/mol. The van der Waals surface area contributed by atoms with Gasteiger partial charge in [-0.05, 0) is 40.0 Å². The first-order chi connectivity index (χ1) is 10.1. The summed E-state index contributed by atoms with van der Waals surface area (Å²) >= 11 is 3.37. The summed E-state index contributed by atoms with van der Waals surface area (Å²) in [4.78, 5) is 12.1. The van der Waals surface area contributed by atoms with Gasteiger partial charge in [0.15, 0.2) is 0 Å². The minimum absolute atomic E-state index is 0.219. The molecule has 4 nitrogen and oxygen atoms in total. The summed E-state index contributed by atoms with van der Waals surface area (Å²) in [5.41, 5.74) is 7.64. The molecule has 0 aliphatic heterocycles. The number of carbonyl (C=O) groups is 1. The monoisotopic (exact) mass is 348 g/mol. The third-order valence-corrected chi connectivity index (χ3v) is 3.71. The fourth-order valence-corrected chi connectivity index (χ4v) is 2.34. The number of hydrogen-bond acceptors (Lipinski definition) is 3. The van der Waals surface area contributed by atoms with Crippen molar-refractivity contribution in [3.05, 3.63) is 58.6 Å². The van der Waals surface area contributed by atoms with E-state index in [-0.39, 0.29) is 5.91 Å². The van der Waals surface area contributed by atoms with Crippen molar-refractivity contribution >= 4 is 27.5 Å². The molecule has 0 saturated heterocycles. The zero-order valence-corrected chi connectivity index (χ0v) is 13.3. The molecule has 0 unspecified atom stereocenters. The molecule has 0 spiro atoms. The van der Waals surface area contributed by atoms with E-state index in [9.17, 15) is 4.79 Å². The van der Waals surface area contributed by atoms with Crippen LogP contribution in [-0.2, 0) is 11.2 Å². The maximum Gasteiger partial charge on any atom is 0.241 e. The van der Waals surface area contributed by atoms with Gasteiger partial charge in [-0.1, -0.05) is 30.3 Å². The molecule has 0 radical (unpaired) electrons. The lowest BCUT2D eigenvalue weighted by atomic mass is 10.1. The molecule has 0 bridgehead atoms. The van der Waals surface area contributed by atoms with Crippen LogP contribution < -0.4 is 15.8 Å². The van der Waals surface area contributed by atoms with E-state index in [1.165, 1.54) is 0 Å². The highest BCUT2D eigenvalue weighted by Crippen LogP contribution is 2.27. The largest absolute Gasteiger partial charge is 0.495 e. The fraction of sp³-hybridized carbons (Fsp3) is 0.188. The Balaban J connectivity index is 2.00. The summed E-state index contributed by atoms with van der Waals surface area (Å²) in [6.07, 6.45) is 0.500. The van der Waals surface area contributed by atoms with Gasteiger partial charge in [-0.15, -0.1) is 0 Å². The van der Waals surface area contributed by atoms with Crippen LogP contribution >= 0.6 is 15.9 Å². The van der Waals surface area contributed by atoms with Crippen molar-refractivity contribution in [2.45, 2.75) is 12.5 Å². The number of methoxy groups -OCH3 is 1. The van der Waals surface area contributed by atoms with Crippen LogP contribution in [0.25, 0.3) is 0 Å². The van der Waals surface area contributed by atoms with Gasteiger partial charge < -0.3 is 15.8 Å². The third kappa shape index (κ3) is 4.31. The summed E-state index contributed by atoms with van der Waals surface area (Å²) in [7, 11) is 1.58. The molecule has 0 aliphatic carbocycles. The number of benzene rings is 2. The molecule has 1 atom stereocenters. The lowest BCUT2D eigenvalue weighted by Crippen LogP contribution is -2.37. The number of ether oxygens (including phenoxy) is 1. The van der Waals surface area contributed by atoms with Gasteiger partial charge in [0.25, 0.3) is 0 Å². The second kappa shape index (κ2) is 7.24. The highest BCUT2D eigenvalue weighted by Gasteiger charge is 2.14. The molecular formula is C16H17BrN2O2. The van der Waals surface area contributed by atoms with Crippen molar-refractivity contribution < 1.29 is 9.53 Å². The molecule has 2 aromatic rings. The molecule has 5 heteroatoms. The number of rotatable bonds is 5. The molecule has 0 aliphatic rings. The van der Waals surface area contributed by atoms with Crippen molar-refractivity contribution in [1.29, 1.82) is 0 Å². The maximum absolute atomic E-state index is 12.1. The summed E-state index contributed by atoms with van der Waals surface area (Å²) in [5.74, 6) is 0.438. The van der Waals surface area contributed by atoms with Crippen LogP contribution in [0.5, 0.6) is 5.75 Å². The second-order valence-corrected chi connectivity index (χ2v) is 5.49. The molecule has 1 amide bonds.